The molecule has 3 heteroatoms. The molecule has 19 heavy (non-hydrogen) atoms. The van der Waals surface area contributed by atoms with Crippen LogP contribution in [0.15, 0.2) is 42.5 Å². The Bertz CT molecular complexity index is 605. The van der Waals surface area contributed by atoms with Gasteiger partial charge >= 0.3 is 0 Å². The molecule has 0 N–H and O–H groups in total. The number of benzene rings is 2. The zero-order valence-corrected chi connectivity index (χ0v) is 10.6. The molecular weight excluding hydrogens is 246 g/mol. The highest BCUT2D eigenvalue weighted by atomic mass is 19.2. The predicted octanol–water partition coefficient (Wildman–Crippen LogP) is 3.95. The normalized spacial score (nSPS) is 10.5. The Kier molecular flexibility index (Phi) is 4.05. The van der Waals surface area contributed by atoms with Crippen molar-refractivity contribution in [2.45, 2.75) is 19.8 Å². The lowest BCUT2D eigenvalue weighted by atomic mass is 10.0. The summed E-state index contributed by atoms with van der Waals surface area (Å²) >= 11 is 0. The topological polar surface area (TPSA) is 17.1 Å². The Morgan fingerprint density at radius 3 is 2.58 bits per heavy atom. The lowest BCUT2D eigenvalue weighted by molar-refractivity contribution is 0.0991. The van der Waals surface area contributed by atoms with Crippen molar-refractivity contribution in [3.8, 4) is 0 Å². The van der Waals surface area contributed by atoms with Gasteiger partial charge in [-0.3, -0.25) is 4.79 Å². The van der Waals surface area contributed by atoms with Crippen molar-refractivity contribution in [3.63, 3.8) is 0 Å². The van der Waals surface area contributed by atoms with E-state index in [2.05, 4.69) is 0 Å². The highest BCUT2D eigenvalue weighted by Gasteiger charge is 2.13. The van der Waals surface area contributed by atoms with E-state index < -0.39 is 11.6 Å². The first-order valence-electron chi connectivity index (χ1n) is 6.17. The van der Waals surface area contributed by atoms with Gasteiger partial charge in [-0.25, -0.2) is 8.78 Å². The number of carbonyl (C=O) groups excluding carboxylic acids is 1. The standard InChI is InChI=1S/C16H14F2O/c1-2-11-5-3-6-12(9-11)15(19)10-13-7-4-8-14(17)16(13)18/h3-9H,2,10H2,1H3. The van der Waals surface area contributed by atoms with Crippen LogP contribution in [-0.2, 0) is 12.8 Å². The minimum atomic E-state index is -0.942. The van der Waals surface area contributed by atoms with Gasteiger partial charge < -0.3 is 0 Å². The van der Waals surface area contributed by atoms with E-state index in [-0.39, 0.29) is 17.8 Å². The second kappa shape index (κ2) is 5.74. The van der Waals surface area contributed by atoms with E-state index in [9.17, 15) is 13.6 Å². The first-order valence-corrected chi connectivity index (χ1v) is 6.17. The molecule has 0 unspecified atom stereocenters. The van der Waals surface area contributed by atoms with E-state index in [1.807, 2.05) is 13.0 Å². The van der Waals surface area contributed by atoms with E-state index in [1.54, 1.807) is 18.2 Å². The van der Waals surface area contributed by atoms with Crippen LogP contribution >= 0.6 is 0 Å². The van der Waals surface area contributed by atoms with Crippen LogP contribution in [0.4, 0.5) is 8.78 Å². The Morgan fingerprint density at radius 2 is 1.84 bits per heavy atom. The molecule has 2 rings (SSSR count). The molecular formula is C16H14F2O. The molecule has 0 amide bonds. The predicted molar refractivity (Wildman–Crippen MR) is 70.2 cm³/mol. The molecule has 0 aromatic heterocycles. The minimum Gasteiger partial charge on any atom is -0.294 e. The van der Waals surface area contributed by atoms with E-state index in [4.69, 9.17) is 0 Å². The summed E-state index contributed by atoms with van der Waals surface area (Å²) in [7, 11) is 0. The molecule has 0 saturated heterocycles. The van der Waals surface area contributed by atoms with Gasteiger partial charge in [0, 0.05) is 12.0 Å². The third kappa shape index (κ3) is 3.05. The van der Waals surface area contributed by atoms with Gasteiger partial charge in [0.25, 0.3) is 0 Å². The summed E-state index contributed by atoms with van der Waals surface area (Å²) < 4.78 is 26.6. The van der Waals surface area contributed by atoms with Gasteiger partial charge in [-0.2, -0.15) is 0 Å². The van der Waals surface area contributed by atoms with Crippen LogP contribution in [0.1, 0.15) is 28.4 Å². The average molecular weight is 260 g/mol. The minimum absolute atomic E-state index is 0.0897. The first kappa shape index (κ1) is 13.4. The van der Waals surface area contributed by atoms with Crippen LogP contribution in [0.2, 0.25) is 0 Å². The van der Waals surface area contributed by atoms with Crippen LogP contribution in [0.25, 0.3) is 0 Å². The first-order chi connectivity index (χ1) is 9.11. The van der Waals surface area contributed by atoms with Gasteiger partial charge in [0.15, 0.2) is 17.4 Å². The molecule has 0 aliphatic rings. The van der Waals surface area contributed by atoms with Crippen LogP contribution in [-0.4, -0.2) is 5.78 Å². The molecule has 0 aliphatic carbocycles. The molecule has 2 aromatic carbocycles. The lowest BCUT2D eigenvalue weighted by Gasteiger charge is -2.05. The summed E-state index contributed by atoms with van der Waals surface area (Å²) in [4.78, 5) is 12.1. The molecule has 0 saturated carbocycles. The summed E-state index contributed by atoms with van der Waals surface area (Å²) in [5.74, 6) is -2.07. The van der Waals surface area contributed by atoms with Gasteiger partial charge in [0.1, 0.15) is 0 Å². The molecule has 0 heterocycles. The maximum absolute atomic E-state index is 13.5. The lowest BCUT2D eigenvalue weighted by Crippen LogP contribution is -2.06. The third-order valence-corrected chi connectivity index (χ3v) is 3.04. The fourth-order valence-corrected chi connectivity index (χ4v) is 1.92. The van der Waals surface area contributed by atoms with Crippen LogP contribution < -0.4 is 0 Å². The fraction of sp³-hybridized carbons (Fsp3) is 0.188. The highest BCUT2D eigenvalue weighted by molar-refractivity contribution is 5.97. The molecule has 98 valence electrons. The van der Waals surface area contributed by atoms with Gasteiger partial charge in [-0.15, -0.1) is 0 Å². The zero-order chi connectivity index (χ0) is 13.8. The monoisotopic (exact) mass is 260 g/mol. The van der Waals surface area contributed by atoms with E-state index in [1.165, 1.54) is 12.1 Å². The summed E-state index contributed by atoms with van der Waals surface area (Å²) in [5, 5.41) is 0. The smallest absolute Gasteiger partial charge is 0.167 e. The maximum atomic E-state index is 13.5. The Labute approximate surface area is 110 Å². The average Bonchev–Trinajstić information content (AvgIpc) is 2.44. The van der Waals surface area contributed by atoms with E-state index in [0.29, 0.717) is 5.56 Å². The molecule has 2 aromatic rings. The zero-order valence-electron chi connectivity index (χ0n) is 10.6. The van der Waals surface area contributed by atoms with Gasteiger partial charge in [0.05, 0.1) is 0 Å². The number of halogens is 2. The second-order valence-corrected chi connectivity index (χ2v) is 4.37. The molecule has 0 radical (unpaired) electrons. The molecule has 1 nitrogen and oxygen atoms in total. The Morgan fingerprint density at radius 1 is 1.11 bits per heavy atom. The number of hydrogen-bond donors (Lipinski definition) is 0. The number of ketones is 1. The van der Waals surface area contributed by atoms with Crippen molar-refractivity contribution in [3.05, 3.63) is 70.8 Å². The van der Waals surface area contributed by atoms with Crippen molar-refractivity contribution < 1.29 is 13.6 Å². The number of hydrogen-bond acceptors (Lipinski definition) is 1. The van der Waals surface area contributed by atoms with Crippen molar-refractivity contribution in [1.82, 2.24) is 0 Å². The van der Waals surface area contributed by atoms with E-state index in [0.717, 1.165) is 18.1 Å². The summed E-state index contributed by atoms with van der Waals surface area (Å²) in [6.07, 6.45) is 0.701. The fourth-order valence-electron chi connectivity index (χ4n) is 1.92. The second-order valence-electron chi connectivity index (χ2n) is 4.37. The molecule has 0 atom stereocenters. The van der Waals surface area contributed by atoms with Crippen molar-refractivity contribution >= 4 is 5.78 Å². The molecule has 0 spiro atoms. The number of rotatable bonds is 4. The number of carbonyl (C=O) groups is 1. The summed E-state index contributed by atoms with van der Waals surface area (Å²) in [6.45, 7) is 2.00. The Balaban J connectivity index is 2.23. The third-order valence-electron chi connectivity index (χ3n) is 3.04. The van der Waals surface area contributed by atoms with Crippen molar-refractivity contribution in [1.29, 1.82) is 0 Å². The highest BCUT2D eigenvalue weighted by Crippen LogP contribution is 2.15. The van der Waals surface area contributed by atoms with Crippen molar-refractivity contribution in [2.75, 3.05) is 0 Å². The quantitative estimate of drug-likeness (QED) is 0.761. The molecule has 0 fully saturated rings. The van der Waals surface area contributed by atoms with Crippen LogP contribution in [0.5, 0.6) is 0 Å². The Hall–Kier alpha value is -2.03. The number of Topliss-reactive ketones (excluding diaryl/α,β-unsaturated/α-hetero) is 1. The summed E-state index contributed by atoms with van der Waals surface area (Å²) in [6, 6.07) is 11.1. The molecule has 0 bridgehead atoms. The van der Waals surface area contributed by atoms with Crippen molar-refractivity contribution in [2.24, 2.45) is 0 Å². The SMILES string of the molecule is CCc1cccc(C(=O)Cc2cccc(F)c2F)c1. The van der Waals surface area contributed by atoms with Gasteiger partial charge in [-0.1, -0.05) is 37.3 Å². The number of aryl methyl sites for hydroxylation is 1. The largest absolute Gasteiger partial charge is 0.294 e. The van der Waals surface area contributed by atoms with Gasteiger partial charge in [0.2, 0.25) is 0 Å². The van der Waals surface area contributed by atoms with Gasteiger partial charge in [-0.05, 0) is 29.7 Å². The summed E-state index contributed by atoms with van der Waals surface area (Å²) in [5.41, 5.74) is 1.67. The van der Waals surface area contributed by atoms with E-state index >= 15 is 0 Å². The van der Waals surface area contributed by atoms with Crippen LogP contribution in [0.3, 0.4) is 0 Å². The molecule has 0 aliphatic heterocycles. The maximum Gasteiger partial charge on any atom is 0.167 e. The van der Waals surface area contributed by atoms with Crippen LogP contribution in [0, 0.1) is 11.6 Å².